The van der Waals surface area contributed by atoms with Gasteiger partial charge in [-0.1, -0.05) is 19.1 Å². The first-order chi connectivity index (χ1) is 8.56. The molecule has 0 spiro atoms. The lowest BCUT2D eigenvalue weighted by Crippen LogP contribution is -2.42. The van der Waals surface area contributed by atoms with Crippen LogP contribution in [0.1, 0.15) is 13.3 Å². The van der Waals surface area contributed by atoms with Gasteiger partial charge >= 0.3 is 0 Å². The van der Waals surface area contributed by atoms with Crippen molar-refractivity contribution in [1.82, 2.24) is 4.90 Å². The molecule has 0 aliphatic rings. The molecule has 5 heteroatoms. The van der Waals surface area contributed by atoms with Crippen molar-refractivity contribution < 1.29 is 13.9 Å². The smallest absolute Gasteiger partial charge is 0.239 e. The van der Waals surface area contributed by atoms with Gasteiger partial charge in [-0.3, -0.25) is 4.79 Å². The summed E-state index contributed by atoms with van der Waals surface area (Å²) in [7, 11) is 1.66. The minimum Gasteiger partial charge on any atom is -0.489 e. The van der Waals surface area contributed by atoms with Gasteiger partial charge in [0.05, 0.1) is 12.6 Å². The van der Waals surface area contributed by atoms with Gasteiger partial charge in [-0.15, -0.1) is 0 Å². The summed E-state index contributed by atoms with van der Waals surface area (Å²) in [6.45, 7) is 2.47. The quantitative estimate of drug-likeness (QED) is 0.835. The highest BCUT2D eigenvalue weighted by Crippen LogP contribution is 2.14. The molecule has 1 amide bonds. The van der Waals surface area contributed by atoms with E-state index in [4.69, 9.17) is 10.5 Å². The number of ether oxygens (including phenoxy) is 1. The van der Waals surface area contributed by atoms with E-state index in [9.17, 15) is 9.18 Å². The van der Waals surface area contributed by atoms with E-state index < -0.39 is 11.9 Å². The van der Waals surface area contributed by atoms with E-state index in [1.165, 1.54) is 11.0 Å². The molecule has 0 saturated heterocycles. The molecular formula is C13H19FN2O2. The number of likely N-dealkylation sites (N-methyl/N-ethyl adjacent to an activating group) is 1. The fraction of sp³-hybridized carbons (Fsp3) is 0.462. The normalized spacial score (nSPS) is 12.0. The minimum atomic E-state index is -0.483. The zero-order chi connectivity index (χ0) is 13.5. The Morgan fingerprint density at radius 2 is 2.17 bits per heavy atom. The number of nitrogens with zero attached hydrogens (tertiary/aromatic N) is 1. The highest BCUT2D eigenvalue weighted by molar-refractivity contribution is 5.81. The number of hydrogen-bond acceptors (Lipinski definition) is 3. The number of halogens is 1. The average molecular weight is 254 g/mol. The summed E-state index contributed by atoms with van der Waals surface area (Å²) in [6.07, 6.45) is 0.595. The first kappa shape index (κ1) is 14.4. The molecule has 0 fully saturated rings. The molecule has 1 aromatic carbocycles. The summed E-state index contributed by atoms with van der Waals surface area (Å²) in [5, 5.41) is 0. The van der Waals surface area contributed by atoms with Crippen molar-refractivity contribution in [1.29, 1.82) is 0 Å². The predicted molar refractivity (Wildman–Crippen MR) is 67.8 cm³/mol. The zero-order valence-corrected chi connectivity index (χ0v) is 10.7. The second-order valence-electron chi connectivity index (χ2n) is 4.05. The lowest BCUT2D eigenvalue weighted by molar-refractivity contribution is -0.131. The molecular weight excluding hydrogens is 235 g/mol. The van der Waals surface area contributed by atoms with Gasteiger partial charge in [-0.05, 0) is 18.6 Å². The van der Waals surface area contributed by atoms with Crippen molar-refractivity contribution in [2.24, 2.45) is 5.73 Å². The molecule has 1 atom stereocenters. The summed E-state index contributed by atoms with van der Waals surface area (Å²) in [6, 6.07) is 5.69. The third-order valence-electron chi connectivity index (χ3n) is 2.65. The molecule has 0 saturated carbocycles. The third kappa shape index (κ3) is 4.00. The van der Waals surface area contributed by atoms with E-state index in [0.717, 1.165) is 0 Å². The number of carbonyl (C=O) groups excluding carboxylic acids is 1. The molecule has 0 aromatic heterocycles. The van der Waals surface area contributed by atoms with Crippen LogP contribution in [0.2, 0.25) is 0 Å². The van der Waals surface area contributed by atoms with Crippen molar-refractivity contribution in [3.8, 4) is 5.75 Å². The second kappa shape index (κ2) is 6.96. The fourth-order valence-electron chi connectivity index (χ4n) is 1.42. The minimum absolute atomic E-state index is 0.130. The first-order valence-electron chi connectivity index (χ1n) is 5.94. The maximum atomic E-state index is 13.2. The van der Waals surface area contributed by atoms with Gasteiger partial charge in [0, 0.05) is 7.05 Å². The number of carbonyl (C=O) groups is 1. The Bertz CT molecular complexity index is 398. The van der Waals surface area contributed by atoms with E-state index in [2.05, 4.69) is 0 Å². The van der Waals surface area contributed by atoms with Crippen LogP contribution < -0.4 is 10.5 Å². The van der Waals surface area contributed by atoms with Crippen molar-refractivity contribution in [2.45, 2.75) is 19.4 Å². The Hall–Kier alpha value is -1.62. The van der Waals surface area contributed by atoms with Crippen LogP contribution in [0.15, 0.2) is 24.3 Å². The van der Waals surface area contributed by atoms with Crippen LogP contribution in [0.4, 0.5) is 4.39 Å². The highest BCUT2D eigenvalue weighted by Gasteiger charge is 2.15. The van der Waals surface area contributed by atoms with Gasteiger partial charge in [-0.25, -0.2) is 4.39 Å². The predicted octanol–water partition coefficient (Wildman–Crippen LogP) is 1.40. The van der Waals surface area contributed by atoms with Crippen LogP contribution in [0, 0.1) is 5.82 Å². The van der Waals surface area contributed by atoms with Crippen LogP contribution in [0.5, 0.6) is 5.75 Å². The van der Waals surface area contributed by atoms with Gasteiger partial charge in [0.25, 0.3) is 0 Å². The van der Waals surface area contributed by atoms with Gasteiger partial charge in [0.15, 0.2) is 11.6 Å². The van der Waals surface area contributed by atoms with Gasteiger partial charge in [0.1, 0.15) is 6.61 Å². The zero-order valence-electron chi connectivity index (χ0n) is 10.7. The molecule has 1 unspecified atom stereocenters. The molecule has 0 radical (unpaired) electrons. The van der Waals surface area contributed by atoms with Crippen LogP contribution in [-0.4, -0.2) is 37.0 Å². The number of amides is 1. The second-order valence-corrected chi connectivity index (χ2v) is 4.05. The first-order valence-corrected chi connectivity index (χ1v) is 5.94. The van der Waals surface area contributed by atoms with Gasteiger partial charge < -0.3 is 15.4 Å². The molecule has 18 heavy (non-hydrogen) atoms. The van der Waals surface area contributed by atoms with E-state index in [1.54, 1.807) is 25.2 Å². The summed E-state index contributed by atoms with van der Waals surface area (Å²) in [5.74, 6) is -0.343. The van der Waals surface area contributed by atoms with Crippen molar-refractivity contribution in [2.75, 3.05) is 20.2 Å². The van der Waals surface area contributed by atoms with Crippen molar-refractivity contribution >= 4 is 5.91 Å². The number of benzene rings is 1. The summed E-state index contributed by atoms with van der Waals surface area (Å²) in [4.78, 5) is 13.1. The molecule has 100 valence electrons. The Labute approximate surface area is 107 Å². The Morgan fingerprint density at radius 1 is 1.50 bits per heavy atom. The summed E-state index contributed by atoms with van der Waals surface area (Å²) in [5.41, 5.74) is 5.63. The molecule has 0 heterocycles. The molecule has 1 aromatic rings. The number of hydrogen-bond donors (Lipinski definition) is 1. The van der Waals surface area contributed by atoms with E-state index in [1.807, 2.05) is 6.92 Å². The number of para-hydroxylation sites is 1. The van der Waals surface area contributed by atoms with Crippen LogP contribution in [-0.2, 0) is 4.79 Å². The standard InChI is InChI=1S/C13H19FN2O2/c1-3-11(15)13(17)16(2)8-9-18-12-7-5-4-6-10(12)14/h4-7,11H,3,8-9,15H2,1-2H3. The topological polar surface area (TPSA) is 55.6 Å². The SMILES string of the molecule is CCC(N)C(=O)N(C)CCOc1ccccc1F. The van der Waals surface area contributed by atoms with Crippen LogP contribution in [0.25, 0.3) is 0 Å². The molecule has 0 bridgehead atoms. The van der Waals surface area contributed by atoms with Gasteiger partial charge in [0.2, 0.25) is 5.91 Å². The Morgan fingerprint density at radius 3 is 2.78 bits per heavy atom. The lowest BCUT2D eigenvalue weighted by atomic mass is 10.2. The lowest BCUT2D eigenvalue weighted by Gasteiger charge is -2.20. The van der Waals surface area contributed by atoms with Crippen LogP contribution in [0.3, 0.4) is 0 Å². The average Bonchev–Trinajstić information content (AvgIpc) is 2.39. The number of nitrogens with two attached hydrogens (primary N) is 1. The fourth-order valence-corrected chi connectivity index (χ4v) is 1.42. The van der Waals surface area contributed by atoms with E-state index >= 15 is 0 Å². The maximum Gasteiger partial charge on any atom is 0.239 e. The highest BCUT2D eigenvalue weighted by atomic mass is 19.1. The number of rotatable bonds is 6. The molecule has 1 rings (SSSR count). The Kier molecular flexibility index (Phi) is 5.58. The third-order valence-corrected chi connectivity index (χ3v) is 2.65. The van der Waals surface area contributed by atoms with Crippen molar-refractivity contribution in [3.63, 3.8) is 0 Å². The van der Waals surface area contributed by atoms with Crippen molar-refractivity contribution in [3.05, 3.63) is 30.1 Å². The van der Waals surface area contributed by atoms with E-state index in [-0.39, 0.29) is 18.3 Å². The maximum absolute atomic E-state index is 13.2. The monoisotopic (exact) mass is 254 g/mol. The molecule has 0 aliphatic carbocycles. The van der Waals surface area contributed by atoms with Gasteiger partial charge in [-0.2, -0.15) is 0 Å². The molecule has 2 N–H and O–H groups in total. The molecule has 4 nitrogen and oxygen atoms in total. The molecule has 0 aliphatic heterocycles. The summed E-state index contributed by atoms with van der Waals surface area (Å²) >= 11 is 0. The Balaban J connectivity index is 2.38. The van der Waals surface area contributed by atoms with Crippen LogP contribution >= 0.6 is 0 Å². The van der Waals surface area contributed by atoms with E-state index in [0.29, 0.717) is 13.0 Å². The largest absolute Gasteiger partial charge is 0.489 e. The summed E-state index contributed by atoms with van der Waals surface area (Å²) < 4.78 is 18.5.